The Bertz CT molecular complexity index is 393. The number of aromatic hydroxyl groups is 1. The number of nitrogens with one attached hydrogen (secondary N) is 1. The van der Waals surface area contributed by atoms with Crippen molar-refractivity contribution in [1.82, 2.24) is 5.32 Å². The van der Waals surface area contributed by atoms with Gasteiger partial charge in [-0.1, -0.05) is 0 Å². The highest BCUT2D eigenvalue weighted by Gasteiger charge is 2.11. The van der Waals surface area contributed by atoms with Gasteiger partial charge in [0.2, 0.25) is 0 Å². The van der Waals surface area contributed by atoms with E-state index < -0.39 is 0 Å². The third-order valence-corrected chi connectivity index (χ3v) is 2.87. The van der Waals surface area contributed by atoms with Gasteiger partial charge in [-0.05, 0) is 50.5 Å². The Labute approximate surface area is 107 Å². The van der Waals surface area contributed by atoms with Gasteiger partial charge in [0.05, 0.1) is 0 Å². The molecule has 0 aromatic heterocycles. The minimum absolute atomic E-state index is 0.106. The molecular weight excluding hydrogens is 238 g/mol. The number of phenolic OH excluding ortho intramolecular Hbond substituents is 1. The van der Waals surface area contributed by atoms with Crippen LogP contribution in [0.15, 0.2) is 18.2 Å². The number of amides is 1. The smallest absolute Gasteiger partial charge is 0.251 e. The summed E-state index contributed by atoms with van der Waals surface area (Å²) in [5.41, 5.74) is 1.37. The third kappa shape index (κ3) is 4.27. The first-order chi connectivity index (χ1) is 8.04. The van der Waals surface area contributed by atoms with E-state index in [1.54, 1.807) is 19.1 Å². The Balaban J connectivity index is 2.63. The first kappa shape index (κ1) is 13.8. The molecule has 1 aromatic carbocycles. The normalized spacial score (nSPS) is 12.2. The lowest BCUT2D eigenvalue weighted by Gasteiger charge is -2.14. The Morgan fingerprint density at radius 2 is 2.24 bits per heavy atom. The fourth-order valence-corrected chi connectivity index (χ4v) is 1.81. The molecule has 0 aliphatic rings. The van der Waals surface area contributed by atoms with Gasteiger partial charge in [-0.2, -0.15) is 0 Å². The van der Waals surface area contributed by atoms with Crippen molar-refractivity contribution in [2.75, 3.05) is 5.88 Å². The third-order valence-electron chi connectivity index (χ3n) is 2.60. The van der Waals surface area contributed by atoms with Crippen LogP contribution in [-0.2, 0) is 0 Å². The maximum Gasteiger partial charge on any atom is 0.251 e. The van der Waals surface area contributed by atoms with Gasteiger partial charge in [0.15, 0.2) is 0 Å². The topological polar surface area (TPSA) is 49.3 Å². The predicted molar refractivity (Wildman–Crippen MR) is 69.7 cm³/mol. The number of phenols is 1. The van der Waals surface area contributed by atoms with Gasteiger partial charge in [-0.15, -0.1) is 11.6 Å². The monoisotopic (exact) mass is 255 g/mol. The molecule has 0 aliphatic heterocycles. The summed E-state index contributed by atoms with van der Waals surface area (Å²) in [5, 5.41) is 12.2. The molecule has 1 atom stereocenters. The molecule has 1 amide bonds. The van der Waals surface area contributed by atoms with E-state index in [1.165, 1.54) is 6.07 Å². The van der Waals surface area contributed by atoms with Crippen LogP contribution in [0, 0.1) is 6.92 Å². The first-order valence-corrected chi connectivity index (χ1v) is 6.24. The highest BCUT2D eigenvalue weighted by molar-refractivity contribution is 6.17. The molecular formula is C13H18ClNO2. The average molecular weight is 256 g/mol. The van der Waals surface area contributed by atoms with Crippen LogP contribution >= 0.6 is 11.6 Å². The second-order valence-electron chi connectivity index (χ2n) is 4.20. The van der Waals surface area contributed by atoms with Crippen molar-refractivity contribution in [2.45, 2.75) is 32.7 Å². The highest BCUT2D eigenvalue weighted by Crippen LogP contribution is 2.15. The summed E-state index contributed by atoms with van der Waals surface area (Å²) in [6, 6.07) is 4.84. The lowest BCUT2D eigenvalue weighted by molar-refractivity contribution is 0.0937. The molecule has 0 radical (unpaired) electrons. The Hall–Kier alpha value is -1.22. The summed E-state index contributed by atoms with van der Waals surface area (Å²) in [6.07, 6.45) is 1.75. The molecule has 0 saturated heterocycles. The zero-order chi connectivity index (χ0) is 12.8. The summed E-state index contributed by atoms with van der Waals surface area (Å²) in [6.45, 7) is 3.76. The molecule has 0 heterocycles. The molecule has 1 unspecified atom stereocenters. The average Bonchev–Trinajstić information content (AvgIpc) is 2.26. The van der Waals surface area contributed by atoms with Crippen LogP contribution in [0.1, 0.15) is 35.7 Å². The molecule has 4 heteroatoms. The number of carbonyl (C=O) groups excluding carboxylic acids is 1. The number of aryl methyl sites for hydroxylation is 1. The fourth-order valence-electron chi connectivity index (χ4n) is 1.66. The predicted octanol–water partition coefficient (Wildman–Crippen LogP) is 2.84. The van der Waals surface area contributed by atoms with Crippen LogP contribution in [0.4, 0.5) is 0 Å². The number of halogens is 1. The van der Waals surface area contributed by atoms with Gasteiger partial charge in [-0.25, -0.2) is 0 Å². The van der Waals surface area contributed by atoms with Crippen LogP contribution in [0.3, 0.4) is 0 Å². The molecule has 17 heavy (non-hydrogen) atoms. The number of alkyl halides is 1. The van der Waals surface area contributed by atoms with Gasteiger partial charge < -0.3 is 10.4 Å². The van der Waals surface area contributed by atoms with Gasteiger partial charge in [-0.3, -0.25) is 4.79 Å². The molecule has 0 bridgehead atoms. The number of carbonyl (C=O) groups is 1. The second-order valence-corrected chi connectivity index (χ2v) is 4.58. The van der Waals surface area contributed by atoms with Crippen LogP contribution in [0.5, 0.6) is 5.75 Å². The van der Waals surface area contributed by atoms with Crippen molar-refractivity contribution >= 4 is 17.5 Å². The maximum absolute atomic E-state index is 11.9. The van der Waals surface area contributed by atoms with Crippen LogP contribution in [-0.4, -0.2) is 22.9 Å². The van der Waals surface area contributed by atoms with Gasteiger partial charge in [0.1, 0.15) is 5.75 Å². The minimum atomic E-state index is -0.107. The van der Waals surface area contributed by atoms with E-state index in [-0.39, 0.29) is 17.7 Å². The van der Waals surface area contributed by atoms with E-state index in [0.29, 0.717) is 11.4 Å². The summed E-state index contributed by atoms with van der Waals surface area (Å²) in [5.74, 6) is 0.678. The van der Waals surface area contributed by atoms with Crippen molar-refractivity contribution in [3.63, 3.8) is 0 Å². The van der Waals surface area contributed by atoms with E-state index in [1.807, 2.05) is 6.92 Å². The van der Waals surface area contributed by atoms with Crippen molar-refractivity contribution in [1.29, 1.82) is 0 Å². The van der Waals surface area contributed by atoms with Gasteiger partial charge >= 0.3 is 0 Å². The summed E-state index contributed by atoms with van der Waals surface area (Å²) in [7, 11) is 0. The van der Waals surface area contributed by atoms with E-state index in [9.17, 15) is 9.90 Å². The zero-order valence-corrected chi connectivity index (χ0v) is 10.9. The standard InChI is InChI=1S/C13H18ClNO2/c1-9-8-11(16)5-6-12(9)13(17)15-10(2)4-3-7-14/h5-6,8,10,16H,3-4,7H2,1-2H3,(H,15,17). The largest absolute Gasteiger partial charge is 0.508 e. The maximum atomic E-state index is 11.9. The summed E-state index contributed by atoms with van der Waals surface area (Å²) in [4.78, 5) is 11.9. The lowest BCUT2D eigenvalue weighted by atomic mass is 10.1. The van der Waals surface area contributed by atoms with Crippen molar-refractivity contribution in [3.8, 4) is 5.75 Å². The van der Waals surface area contributed by atoms with Gasteiger partial charge in [0.25, 0.3) is 5.91 Å². The molecule has 1 aromatic rings. The number of hydrogen-bond acceptors (Lipinski definition) is 2. The molecule has 1 rings (SSSR count). The van der Waals surface area contributed by atoms with Crippen molar-refractivity contribution in [2.24, 2.45) is 0 Å². The Kier molecular flexibility index (Phi) is 5.29. The molecule has 0 fully saturated rings. The molecule has 2 N–H and O–H groups in total. The summed E-state index contributed by atoms with van der Waals surface area (Å²) < 4.78 is 0. The van der Waals surface area contributed by atoms with Crippen LogP contribution < -0.4 is 5.32 Å². The lowest BCUT2D eigenvalue weighted by Crippen LogP contribution is -2.32. The van der Waals surface area contributed by atoms with Crippen LogP contribution in [0.2, 0.25) is 0 Å². The Morgan fingerprint density at radius 3 is 2.82 bits per heavy atom. The van der Waals surface area contributed by atoms with E-state index in [0.717, 1.165) is 18.4 Å². The number of benzene rings is 1. The summed E-state index contributed by atoms with van der Waals surface area (Å²) >= 11 is 5.60. The molecule has 94 valence electrons. The molecule has 0 aliphatic carbocycles. The number of hydrogen-bond donors (Lipinski definition) is 2. The number of rotatable bonds is 5. The quantitative estimate of drug-likeness (QED) is 0.795. The van der Waals surface area contributed by atoms with Crippen LogP contribution in [0.25, 0.3) is 0 Å². The fraction of sp³-hybridized carbons (Fsp3) is 0.462. The molecule has 0 saturated carbocycles. The molecule has 0 spiro atoms. The van der Waals surface area contributed by atoms with E-state index in [2.05, 4.69) is 5.32 Å². The van der Waals surface area contributed by atoms with E-state index in [4.69, 9.17) is 11.6 Å². The van der Waals surface area contributed by atoms with Crippen molar-refractivity contribution < 1.29 is 9.90 Å². The highest BCUT2D eigenvalue weighted by atomic mass is 35.5. The minimum Gasteiger partial charge on any atom is -0.508 e. The first-order valence-electron chi connectivity index (χ1n) is 5.71. The SMILES string of the molecule is Cc1cc(O)ccc1C(=O)NC(C)CCCCl. The second kappa shape index (κ2) is 6.50. The van der Waals surface area contributed by atoms with Gasteiger partial charge in [0, 0.05) is 17.5 Å². The van der Waals surface area contributed by atoms with Crippen molar-refractivity contribution in [3.05, 3.63) is 29.3 Å². The van der Waals surface area contributed by atoms with E-state index >= 15 is 0 Å². The molecule has 3 nitrogen and oxygen atoms in total. The zero-order valence-electron chi connectivity index (χ0n) is 10.2. The Morgan fingerprint density at radius 1 is 1.53 bits per heavy atom.